The molecule has 0 radical (unpaired) electrons. The smallest absolute Gasteiger partial charge is 0.146 e. The van der Waals surface area contributed by atoms with Crippen LogP contribution < -0.4 is 4.74 Å². The summed E-state index contributed by atoms with van der Waals surface area (Å²) in [5.41, 5.74) is 1.33. The quantitative estimate of drug-likeness (QED) is 0.722. The Morgan fingerprint density at radius 1 is 1.00 bits per heavy atom. The van der Waals surface area contributed by atoms with E-state index in [1.807, 2.05) is 36.4 Å². The Balaban J connectivity index is 2.09. The molecule has 0 N–H and O–H groups in total. The maximum atomic E-state index is 6.05. The van der Waals surface area contributed by atoms with Crippen molar-refractivity contribution in [2.24, 2.45) is 5.92 Å². The lowest BCUT2D eigenvalue weighted by Gasteiger charge is -2.09. The zero-order chi connectivity index (χ0) is 13.0. The average molecular weight is 261 g/mol. The zero-order valence-electron chi connectivity index (χ0n) is 10.7. The van der Waals surface area contributed by atoms with E-state index in [2.05, 4.69) is 26.0 Å². The summed E-state index contributed by atoms with van der Waals surface area (Å²) in [5, 5.41) is 0.628. The summed E-state index contributed by atoms with van der Waals surface area (Å²) in [6.07, 6.45) is 1.09. The first kappa shape index (κ1) is 13.0. The standard InChI is InChI=1S/C16H17ClO/c1-12(2)11-13-7-9-14(10-8-13)18-16-6-4-3-5-15(16)17/h3-10,12H,11H2,1-2H3. The van der Waals surface area contributed by atoms with Crippen molar-refractivity contribution in [3.63, 3.8) is 0 Å². The molecule has 0 saturated carbocycles. The maximum absolute atomic E-state index is 6.05. The second-order valence-electron chi connectivity index (χ2n) is 4.77. The van der Waals surface area contributed by atoms with Crippen molar-refractivity contribution in [3.05, 3.63) is 59.1 Å². The van der Waals surface area contributed by atoms with Crippen molar-refractivity contribution in [2.45, 2.75) is 20.3 Å². The third-order valence-corrected chi connectivity index (χ3v) is 2.94. The second kappa shape index (κ2) is 5.92. The van der Waals surface area contributed by atoms with Crippen molar-refractivity contribution >= 4 is 11.6 Å². The normalized spacial score (nSPS) is 10.7. The maximum Gasteiger partial charge on any atom is 0.146 e. The van der Waals surface area contributed by atoms with Crippen LogP contribution in [0.4, 0.5) is 0 Å². The van der Waals surface area contributed by atoms with Crippen LogP contribution in [0.1, 0.15) is 19.4 Å². The fourth-order valence-corrected chi connectivity index (χ4v) is 1.99. The van der Waals surface area contributed by atoms with Crippen LogP contribution in [-0.2, 0) is 6.42 Å². The molecule has 0 aliphatic heterocycles. The minimum atomic E-state index is 0.628. The second-order valence-corrected chi connectivity index (χ2v) is 5.18. The molecule has 0 heterocycles. The van der Waals surface area contributed by atoms with Crippen molar-refractivity contribution in [3.8, 4) is 11.5 Å². The number of ether oxygens (including phenoxy) is 1. The molecule has 18 heavy (non-hydrogen) atoms. The van der Waals surface area contributed by atoms with Crippen LogP contribution in [0.15, 0.2) is 48.5 Å². The lowest BCUT2D eigenvalue weighted by atomic mass is 10.0. The molecular weight excluding hydrogens is 244 g/mol. The molecule has 0 aliphatic carbocycles. The molecular formula is C16H17ClO. The van der Waals surface area contributed by atoms with Gasteiger partial charge in [-0.2, -0.15) is 0 Å². The predicted molar refractivity (Wildman–Crippen MR) is 76.5 cm³/mol. The predicted octanol–water partition coefficient (Wildman–Crippen LogP) is 5.33. The van der Waals surface area contributed by atoms with Gasteiger partial charge in [0.1, 0.15) is 11.5 Å². The Hall–Kier alpha value is -1.47. The van der Waals surface area contributed by atoms with Gasteiger partial charge in [0.25, 0.3) is 0 Å². The average Bonchev–Trinajstić information content (AvgIpc) is 2.34. The number of para-hydroxylation sites is 1. The van der Waals surface area contributed by atoms with E-state index in [9.17, 15) is 0 Å². The van der Waals surface area contributed by atoms with E-state index in [4.69, 9.17) is 16.3 Å². The number of benzene rings is 2. The first-order valence-electron chi connectivity index (χ1n) is 6.16. The summed E-state index contributed by atoms with van der Waals surface area (Å²) >= 11 is 6.05. The summed E-state index contributed by atoms with van der Waals surface area (Å²) in [6, 6.07) is 15.7. The molecule has 0 amide bonds. The summed E-state index contributed by atoms with van der Waals surface area (Å²) in [4.78, 5) is 0. The largest absolute Gasteiger partial charge is 0.456 e. The molecule has 2 rings (SSSR count). The van der Waals surface area contributed by atoms with Gasteiger partial charge in [0.05, 0.1) is 5.02 Å². The number of rotatable bonds is 4. The molecule has 0 aromatic heterocycles. The highest BCUT2D eigenvalue weighted by atomic mass is 35.5. The molecule has 1 nitrogen and oxygen atoms in total. The van der Waals surface area contributed by atoms with Crippen LogP contribution in [0, 0.1) is 5.92 Å². The van der Waals surface area contributed by atoms with Gasteiger partial charge in [0.15, 0.2) is 0 Å². The van der Waals surface area contributed by atoms with Crippen LogP contribution >= 0.6 is 11.6 Å². The molecule has 0 aliphatic rings. The van der Waals surface area contributed by atoms with Gasteiger partial charge in [-0.3, -0.25) is 0 Å². The molecule has 0 unspecified atom stereocenters. The van der Waals surface area contributed by atoms with Gasteiger partial charge in [0, 0.05) is 0 Å². The topological polar surface area (TPSA) is 9.23 Å². The van der Waals surface area contributed by atoms with Gasteiger partial charge in [-0.15, -0.1) is 0 Å². The van der Waals surface area contributed by atoms with Crippen LogP contribution in [0.25, 0.3) is 0 Å². The summed E-state index contributed by atoms with van der Waals surface area (Å²) in [7, 11) is 0. The molecule has 0 atom stereocenters. The van der Waals surface area contributed by atoms with Gasteiger partial charge in [-0.1, -0.05) is 49.7 Å². The molecule has 0 fully saturated rings. The van der Waals surface area contributed by atoms with Gasteiger partial charge in [-0.05, 0) is 42.2 Å². The lowest BCUT2D eigenvalue weighted by Crippen LogP contribution is -1.93. The van der Waals surface area contributed by atoms with E-state index in [0.29, 0.717) is 16.7 Å². The van der Waals surface area contributed by atoms with Gasteiger partial charge in [-0.25, -0.2) is 0 Å². The minimum Gasteiger partial charge on any atom is -0.456 e. The molecule has 0 saturated heterocycles. The Bertz CT molecular complexity index is 503. The van der Waals surface area contributed by atoms with Crippen LogP contribution in [0.3, 0.4) is 0 Å². The number of hydrogen-bond acceptors (Lipinski definition) is 1. The van der Waals surface area contributed by atoms with Crippen molar-refractivity contribution in [1.82, 2.24) is 0 Å². The van der Waals surface area contributed by atoms with Crippen molar-refractivity contribution in [2.75, 3.05) is 0 Å². The minimum absolute atomic E-state index is 0.628. The SMILES string of the molecule is CC(C)Cc1ccc(Oc2ccccc2Cl)cc1. The van der Waals surface area contributed by atoms with E-state index in [1.165, 1.54) is 5.56 Å². The third kappa shape index (κ3) is 3.51. The Morgan fingerprint density at radius 3 is 2.28 bits per heavy atom. The highest BCUT2D eigenvalue weighted by molar-refractivity contribution is 6.32. The van der Waals surface area contributed by atoms with E-state index in [1.54, 1.807) is 0 Å². The van der Waals surface area contributed by atoms with E-state index >= 15 is 0 Å². The summed E-state index contributed by atoms with van der Waals surface area (Å²) in [5.74, 6) is 2.17. The molecule has 2 aromatic rings. The Kier molecular flexibility index (Phi) is 4.27. The Labute approximate surface area is 113 Å². The number of hydrogen-bond donors (Lipinski definition) is 0. The zero-order valence-corrected chi connectivity index (χ0v) is 11.4. The summed E-state index contributed by atoms with van der Waals surface area (Å²) < 4.78 is 5.74. The first-order chi connectivity index (χ1) is 8.65. The van der Waals surface area contributed by atoms with Crippen LogP contribution in [0.2, 0.25) is 5.02 Å². The molecule has 94 valence electrons. The lowest BCUT2D eigenvalue weighted by molar-refractivity contribution is 0.482. The van der Waals surface area contributed by atoms with Gasteiger partial charge < -0.3 is 4.74 Å². The Morgan fingerprint density at radius 2 is 1.67 bits per heavy atom. The third-order valence-electron chi connectivity index (χ3n) is 2.63. The fraction of sp³-hybridized carbons (Fsp3) is 0.250. The van der Waals surface area contributed by atoms with Crippen LogP contribution in [-0.4, -0.2) is 0 Å². The highest BCUT2D eigenvalue weighted by Crippen LogP contribution is 2.28. The van der Waals surface area contributed by atoms with Crippen molar-refractivity contribution < 1.29 is 4.74 Å². The monoisotopic (exact) mass is 260 g/mol. The molecule has 0 spiro atoms. The van der Waals surface area contributed by atoms with E-state index < -0.39 is 0 Å². The molecule has 0 bridgehead atoms. The highest BCUT2D eigenvalue weighted by Gasteiger charge is 2.02. The molecule has 2 aromatic carbocycles. The van der Waals surface area contributed by atoms with E-state index in [0.717, 1.165) is 12.2 Å². The fourth-order valence-electron chi connectivity index (χ4n) is 1.82. The molecule has 2 heteroatoms. The van der Waals surface area contributed by atoms with Crippen molar-refractivity contribution in [1.29, 1.82) is 0 Å². The van der Waals surface area contributed by atoms with Gasteiger partial charge >= 0.3 is 0 Å². The van der Waals surface area contributed by atoms with Crippen LogP contribution in [0.5, 0.6) is 11.5 Å². The number of halogens is 1. The van der Waals surface area contributed by atoms with Gasteiger partial charge in [0.2, 0.25) is 0 Å². The summed E-state index contributed by atoms with van der Waals surface area (Å²) in [6.45, 7) is 4.43. The van der Waals surface area contributed by atoms with E-state index in [-0.39, 0.29) is 0 Å². The first-order valence-corrected chi connectivity index (χ1v) is 6.54.